The molecular weight excluding hydrogens is 414 g/mol. The minimum absolute atomic E-state index is 0.0745. The fraction of sp³-hybridized carbons (Fsp3) is 0.0870. The number of fused-ring (bicyclic) bond motifs is 1. The lowest BCUT2D eigenvalue weighted by molar-refractivity contribution is 0.371. The highest BCUT2D eigenvalue weighted by Gasteiger charge is 2.16. The number of rotatable bonds is 7. The number of nitrogens with zero attached hydrogens (tertiary/aromatic N) is 1. The van der Waals surface area contributed by atoms with Crippen molar-refractivity contribution in [3.63, 3.8) is 0 Å². The van der Waals surface area contributed by atoms with Gasteiger partial charge in [-0.15, -0.1) is 0 Å². The summed E-state index contributed by atoms with van der Waals surface area (Å²) in [6.45, 7) is 0.358. The topological polar surface area (TPSA) is 101 Å². The summed E-state index contributed by atoms with van der Waals surface area (Å²) >= 11 is 0. The Morgan fingerprint density at radius 2 is 1.77 bits per heavy atom. The first-order valence-electron chi connectivity index (χ1n) is 9.52. The zero-order valence-electron chi connectivity index (χ0n) is 16.7. The fourth-order valence-corrected chi connectivity index (χ4v) is 4.31. The quantitative estimate of drug-likeness (QED) is 0.399. The highest BCUT2D eigenvalue weighted by Crippen LogP contribution is 2.30. The lowest BCUT2D eigenvalue weighted by atomic mass is 10.1. The summed E-state index contributed by atoms with van der Waals surface area (Å²) < 4.78 is 33.5. The fourth-order valence-electron chi connectivity index (χ4n) is 3.23. The zero-order valence-corrected chi connectivity index (χ0v) is 17.6. The van der Waals surface area contributed by atoms with Crippen LogP contribution in [0.15, 0.2) is 84.0 Å². The second-order valence-electron chi connectivity index (χ2n) is 6.85. The number of phenolic OH excluding ortho intramolecular Hbond substituents is 1. The Hall–Kier alpha value is -3.78. The van der Waals surface area contributed by atoms with E-state index in [4.69, 9.17) is 4.74 Å². The summed E-state index contributed by atoms with van der Waals surface area (Å²) in [4.78, 5) is 4.22. The molecule has 0 amide bonds. The normalized spacial score (nSPS) is 11.3. The van der Waals surface area contributed by atoms with E-state index in [2.05, 4.69) is 15.0 Å². The van der Waals surface area contributed by atoms with Crippen molar-refractivity contribution in [2.75, 3.05) is 17.1 Å². The van der Waals surface area contributed by atoms with Crippen molar-refractivity contribution in [3.8, 4) is 11.5 Å². The van der Waals surface area contributed by atoms with Crippen LogP contribution < -0.4 is 14.8 Å². The molecule has 0 aliphatic heterocycles. The second kappa shape index (κ2) is 8.53. The van der Waals surface area contributed by atoms with E-state index in [1.807, 2.05) is 12.1 Å². The van der Waals surface area contributed by atoms with Gasteiger partial charge in [-0.25, -0.2) is 8.42 Å². The molecular formula is C23H21N3O4S. The van der Waals surface area contributed by atoms with Gasteiger partial charge in [0, 0.05) is 35.6 Å². The van der Waals surface area contributed by atoms with Crippen LogP contribution in [0.3, 0.4) is 0 Å². The third-order valence-corrected chi connectivity index (χ3v) is 6.26. The molecule has 0 radical (unpaired) electrons. The maximum absolute atomic E-state index is 12.9. The Morgan fingerprint density at radius 3 is 2.55 bits per heavy atom. The molecule has 31 heavy (non-hydrogen) atoms. The molecule has 158 valence electrons. The molecule has 0 aliphatic carbocycles. The first kappa shape index (κ1) is 20.5. The van der Waals surface area contributed by atoms with Crippen LogP contribution in [0, 0.1) is 0 Å². The van der Waals surface area contributed by atoms with Crippen molar-refractivity contribution in [2.24, 2.45) is 0 Å². The predicted octanol–water partition coefficient (Wildman–Crippen LogP) is 4.36. The number of nitrogens with one attached hydrogen (secondary N) is 2. The number of aromatic nitrogens is 1. The summed E-state index contributed by atoms with van der Waals surface area (Å²) in [5, 5.41) is 15.0. The van der Waals surface area contributed by atoms with Crippen molar-refractivity contribution >= 4 is 32.2 Å². The van der Waals surface area contributed by atoms with Crippen LogP contribution in [-0.4, -0.2) is 25.6 Å². The minimum atomic E-state index is -3.77. The highest BCUT2D eigenvalue weighted by molar-refractivity contribution is 7.92. The van der Waals surface area contributed by atoms with Gasteiger partial charge in [-0.2, -0.15) is 0 Å². The number of hydrogen-bond donors (Lipinski definition) is 3. The van der Waals surface area contributed by atoms with E-state index in [9.17, 15) is 13.5 Å². The Labute approximate surface area is 180 Å². The first-order valence-corrected chi connectivity index (χ1v) is 11.0. The second-order valence-corrected chi connectivity index (χ2v) is 8.54. The smallest absolute Gasteiger partial charge is 0.261 e. The molecule has 0 unspecified atom stereocenters. The third kappa shape index (κ3) is 4.39. The standard InChI is InChI=1S/C23H21N3O4S/c1-30-22-7-3-5-17(23(22)27)14-25-18-8-10-19(11-9-18)31(28,29)26-21-6-2-4-16-12-13-24-15-20(16)21/h2-13,15,25-27H,14H2,1H3. The van der Waals surface area contributed by atoms with Gasteiger partial charge in [-0.05, 0) is 47.9 Å². The molecule has 7 nitrogen and oxygen atoms in total. The van der Waals surface area contributed by atoms with E-state index in [1.165, 1.54) is 19.2 Å². The van der Waals surface area contributed by atoms with Gasteiger partial charge >= 0.3 is 0 Å². The van der Waals surface area contributed by atoms with E-state index in [1.54, 1.807) is 54.9 Å². The number of pyridine rings is 1. The van der Waals surface area contributed by atoms with Gasteiger partial charge in [0.2, 0.25) is 0 Å². The van der Waals surface area contributed by atoms with Crippen LogP contribution >= 0.6 is 0 Å². The molecule has 1 aromatic heterocycles. The molecule has 4 rings (SSSR count). The maximum Gasteiger partial charge on any atom is 0.261 e. The van der Waals surface area contributed by atoms with Crippen molar-refractivity contribution in [2.45, 2.75) is 11.4 Å². The number of aromatic hydroxyl groups is 1. The molecule has 0 spiro atoms. The van der Waals surface area contributed by atoms with Crippen molar-refractivity contribution in [1.29, 1.82) is 0 Å². The molecule has 3 aromatic carbocycles. The van der Waals surface area contributed by atoms with Gasteiger partial charge in [-0.1, -0.05) is 24.3 Å². The lowest BCUT2D eigenvalue weighted by Crippen LogP contribution is -2.13. The van der Waals surface area contributed by atoms with Gasteiger partial charge in [-0.3, -0.25) is 9.71 Å². The van der Waals surface area contributed by atoms with Gasteiger partial charge in [0.05, 0.1) is 17.7 Å². The minimum Gasteiger partial charge on any atom is -0.504 e. The number of anilines is 2. The zero-order chi connectivity index (χ0) is 21.8. The van der Waals surface area contributed by atoms with E-state index < -0.39 is 10.0 Å². The SMILES string of the molecule is COc1cccc(CNc2ccc(S(=O)(=O)Nc3cccc4ccncc34)cc2)c1O. The average Bonchev–Trinajstić information content (AvgIpc) is 2.79. The Balaban J connectivity index is 1.49. The van der Waals surface area contributed by atoms with Crippen molar-refractivity contribution < 1.29 is 18.3 Å². The Morgan fingerprint density at radius 1 is 1.00 bits per heavy atom. The first-order chi connectivity index (χ1) is 15.0. The van der Waals surface area contributed by atoms with Crippen LogP contribution in [0.4, 0.5) is 11.4 Å². The van der Waals surface area contributed by atoms with Gasteiger partial charge in [0.25, 0.3) is 10.0 Å². The number of para-hydroxylation sites is 1. The summed E-state index contributed by atoms with van der Waals surface area (Å²) in [5.41, 5.74) is 1.86. The summed E-state index contributed by atoms with van der Waals surface area (Å²) in [6, 6.07) is 18.9. The van der Waals surface area contributed by atoms with Gasteiger partial charge in [0.1, 0.15) is 0 Å². The average molecular weight is 436 g/mol. The molecule has 3 N–H and O–H groups in total. The monoisotopic (exact) mass is 435 g/mol. The van der Waals surface area contributed by atoms with Crippen molar-refractivity contribution in [3.05, 3.63) is 84.7 Å². The Kier molecular flexibility index (Phi) is 5.64. The molecule has 8 heteroatoms. The number of sulfonamides is 1. The molecule has 0 fully saturated rings. The largest absolute Gasteiger partial charge is 0.504 e. The summed E-state index contributed by atoms with van der Waals surface area (Å²) in [5.74, 6) is 0.473. The molecule has 0 atom stereocenters. The van der Waals surface area contributed by atoms with Gasteiger partial charge < -0.3 is 15.2 Å². The number of benzene rings is 3. The van der Waals surface area contributed by atoms with Crippen molar-refractivity contribution in [1.82, 2.24) is 4.98 Å². The summed E-state index contributed by atoms with van der Waals surface area (Å²) in [6.07, 6.45) is 3.30. The molecule has 4 aromatic rings. The molecule has 1 heterocycles. The van der Waals surface area contributed by atoms with E-state index in [0.717, 1.165) is 16.5 Å². The van der Waals surface area contributed by atoms with E-state index in [0.29, 0.717) is 23.5 Å². The van der Waals surface area contributed by atoms with Crippen LogP contribution in [-0.2, 0) is 16.6 Å². The van der Waals surface area contributed by atoms with E-state index >= 15 is 0 Å². The van der Waals surface area contributed by atoms with Crippen LogP contribution in [0.25, 0.3) is 10.8 Å². The molecule has 0 aliphatic rings. The predicted molar refractivity (Wildman–Crippen MR) is 121 cm³/mol. The molecule has 0 saturated heterocycles. The lowest BCUT2D eigenvalue weighted by Gasteiger charge is -2.12. The third-order valence-electron chi connectivity index (χ3n) is 4.88. The van der Waals surface area contributed by atoms with Crippen LogP contribution in [0.2, 0.25) is 0 Å². The number of hydrogen-bond acceptors (Lipinski definition) is 6. The number of phenols is 1. The number of methoxy groups -OCH3 is 1. The van der Waals surface area contributed by atoms with Gasteiger partial charge in [0.15, 0.2) is 11.5 Å². The molecule has 0 saturated carbocycles. The van der Waals surface area contributed by atoms with E-state index in [-0.39, 0.29) is 10.6 Å². The van der Waals surface area contributed by atoms with Crippen LogP contribution in [0.1, 0.15) is 5.56 Å². The Bertz CT molecular complexity index is 1320. The maximum atomic E-state index is 12.9. The number of ether oxygens (including phenoxy) is 1. The highest BCUT2D eigenvalue weighted by atomic mass is 32.2. The molecule has 0 bridgehead atoms. The summed E-state index contributed by atoms with van der Waals surface area (Å²) in [7, 11) is -2.27. The van der Waals surface area contributed by atoms with Crippen LogP contribution in [0.5, 0.6) is 11.5 Å².